The highest BCUT2D eigenvalue weighted by atomic mass is 16.5. The zero-order chi connectivity index (χ0) is 21.9. The number of ether oxygens (including phenoxy) is 1. The summed E-state index contributed by atoms with van der Waals surface area (Å²) in [6.45, 7) is 12.8. The molecule has 3 rings (SSSR count). The van der Waals surface area contributed by atoms with Crippen molar-refractivity contribution in [2.45, 2.75) is 46.4 Å². The monoisotopic (exact) mass is 407 g/mol. The number of hydrogen-bond donors (Lipinski definition) is 2. The number of aromatic nitrogens is 4. The smallest absolute Gasteiger partial charge is 0.152 e. The number of fused-ring (bicyclic) bond motifs is 1. The van der Waals surface area contributed by atoms with Crippen LogP contribution in [0.5, 0.6) is 0 Å². The Bertz CT molecular complexity index is 1170. The lowest BCUT2D eigenvalue weighted by Gasteiger charge is -2.20. The molecule has 0 aliphatic carbocycles. The Balaban J connectivity index is 2.28. The van der Waals surface area contributed by atoms with E-state index in [9.17, 15) is 5.11 Å². The molecule has 0 aromatic carbocycles. The highest BCUT2D eigenvalue weighted by molar-refractivity contribution is 5.87. The van der Waals surface area contributed by atoms with Crippen LogP contribution in [0.15, 0.2) is 30.6 Å². The minimum absolute atomic E-state index is 0.312. The van der Waals surface area contributed by atoms with Crippen molar-refractivity contribution in [1.82, 2.24) is 19.5 Å². The average molecular weight is 408 g/mol. The fourth-order valence-corrected chi connectivity index (χ4v) is 3.28. The molecule has 0 atom stereocenters. The van der Waals surface area contributed by atoms with E-state index in [-0.39, 0.29) is 0 Å². The maximum Gasteiger partial charge on any atom is 0.152 e. The van der Waals surface area contributed by atoms with Crippen molar-refractivity contribution in [2.75, 3.05) is 12.3 Å². The number of allylic oxidation sites excluding steroid dienone is 2. The fourth-order valence-electron chi connectivity index (χ4n) is 3.28. The summed E-state index contributed by atoms with van der Waals surface area (Å²) in [6.07, 6.45) is 7.53. The van der Waals surface area contributed by atoms with E-state index in [1.807, 2.05) is 48.9 Å². The van der Waals surface area contributed by atoms with E-state index in [1.165, 1.54) is 0 Å². The van der Waals surface area contributed by atoms with Gasteiger partial charge in [-0.3, -0.25) is 4.98 Å². The Morgan fingerprint density at radius 1 is 1.37 bits per heavy atom. The van der Waals surface area contributed by atoms with Crippen molar-refractivity contribution < 1.29 is 9.84 Å². The molecule has 0 amide bonds. The molecule has 30 heavy (non-hydrogen) atoms. The summed E-state index contributed by atoms with van der Waals surface area (Å²) in [5.41, 5.74) is 8.68. The largest absolute Gasteiger partial charge is 0.389 e. The van der Waals surface area contributed by atoms with Crippen LogP contribution in [0.2, 0.25) is 0 Å². The second-order valence-corrected chi connectivity index (χ2v) is 7.88. The highest BCUT2D eigenvalue weighted by Gasteiger charge is 2.21. The third kappa shape index (κ3) is 4.75. The Kier molecular flexibility index (Phi) is 6.34. The van der Waals surface area contributed by atoms with Crippen LogP contribution in [0.4, 0.5) is 5.82 Å². The minimum atomic E-state index is -0.952. The summed E-state index contributed by atoms with van der Waals surface area (Å²) in [6, 6.07) is 3.91. The standard InChI is InChI=1S/C23H29N5O2/c1-6-30-13-19-27-20-21(28(19)14-23(4,5)29)18(16(3)26-22(20)24)10-9-15(2)17-8-7-11-25-12-17/h7-12,29H,3,6,13-14H2,1-2,4-5H3,(H2,24,26)/b15-9+,18-10+. The lowest BCUT2D eigenvalue weighted by Crippen LogP contribution is -2.33. The van der Waals surface area contributed by atoms with Crippen LogP contribution in [0, 0.1) is 0 Å². The Hall–Kier alpha value is -3.03. The van der Waals surface area contributed by atoms with Gasteiger partial charge >= 0.3 is 0 Å². The average Bonchev–Trinajstić information content (AvgIpc) is 3.03. The van der Waals surface area contributed by atoms with Gasteiger partial charge in [-0.2, -0.15) is 0 Å². The number of rotatable bonds is 7. The van der Waals surface area contributed by atoms with E-state index in [0.29, 0.717) is 42.3 Å². The molecule has 0 aliphatic heterocycles. The van der Waals surface area contributed by atoms with Crippen LogP contribution >= 0.6 is 0 Å². The van der Waals surface area contributed by atoms with Gasteiger partial charge in [0.2, 0.25) is 0 Å². The minimum Gasteiger partial charge on any atom is -0.389 e. The van der Waals surface area contributed by atoms with Gasteiger partial charge in [-0.15, -0.1) is 0 Å². The first-order valence-electron chi connectivity index (χ1n) is 9.94. The molecule has 0 bridgehead atoms. The third-order valence-electron chi connectivity index (χ3n) is 4.71. The zero-order valence-corrected chi connectivity index (χ0v) is 18.0. The molecule has 3 N–H and O–H groups in total. The molecule has 0 spiro atoms. The SMILES string of the molecule is C=c1nc(N)c2nc(COCC)n(CC(C)(C)O)c2/c1=C/C=C(\C)c1cccnc1. The summed E-state index contributed by atoms with van der Waals surface area (Å²) >= 11 is 0. The maximum atomic E-state index is 10.5. The van der Waals surface area contributed by atoms with Crippen LogP contribution < -0.4 is 16.3 Å². The topological polar surface area (TPSA) is 99.1 Å². The van der Waals surface area contributed by atoms with Crippen LogP contribution in [-0.2, 0) is 17.9 Å². The van der Waals surface area contributed by atoms with Crippen molar-refractivity contribution in [3.8, 4) is 0 Å². The van der Waals surface area contributed by atoms with Gasteiger partial charge < -0.3 is 20.1 Å². The summed E-state index contributed by atoms with van der Waals surface area (Å²) in [4.78, 5) is 13.3. The quantitative estimate of drug-likeness (QED) is 0.622. The van der Waals surface area contributed by atoms with Crippen molar-refractivity contribution in [2.24, 2.45) is 0 Å². The molecule has 3 heterocycles. The Morgan fingerprint density at radius 2 is 2.13 bits per heavy atom. The molecule has 3 aromatic heterocycles. The van der Waals surface area contributed by atoms with Crippen molar-refractivity contribution in [1.29, 1.82) is 0 Å². The number of nitrogens with two attached hydrogens (primary N) is 1. The molecule has 158 valence electrons. The normalized spacial score (nSPS) is 13.4. The van der Waals surface area contributed by atoms with E-state index in [2.05, 4.69) is 21.5 Å². The first kappa shape index (κ1) is 21.7. The van der Waals surface area contributed by atoms with Gasteiger partial charge in [-0.25, -0.2) is 9.97 Å². The molecule has 0 aliphatic rings. The van der Waals surface area contributed by atoms with Gasteiger partial charge in [0.05, 0.1) is 23.0 Å². The summed E-state index contributed by atoms with van der Waals surface area (Å²) in [5, 5.41) is 11.9. The van der Waals surface area contributed by atoms with E-state index in [0.717, 1.165) is 21.9 Å². The zero-order valence-electron chi connectivity index (χ0n) is 18.0. The molecule has 7 nitrogen and oxygen atoms in total. The van der Waals surface area contributed by atoms with Crippen molar-refractivity contribution in [3.63, 3.8) is 0 Å². The van der Waals surface area contributed by atoms with Crippen LogP contribution in [-0.4, -0.2) is 36.8 Å². The van der Waals surface area contributed by atoms with Crippen LogP contribution in [0.25, 0.3) is 29.3 Å². The number of hydrogen-bond acceptors (Lipinski definition) is 6. The van der Waals surface area contributed by atoms with Gasteiger partial charge in [0, 0.05) is 24.2 Å². The highest BCUT2D eigenvalue weighted by Crippen LogP contribution is 2.20. The first-order valence-corrected chi connectivity index (χ1v) is 9.94. The predicted molar refractivity (Wildman–Crippen MR) is 121 cm³/mol. The number of imidazole rings is 1. The summed E-state index contributed by atoms with van der Waals surface area (Å²) in [5.74, 6) is 1.00. The second-order valence-electron chi connectivity index (χ2n) is 7.88. The molecule has 0 saturated heterocycles. The Labute approximate surface area is 176 Å². The van der Waals surface area contributed by atoms with E-state index < -0.39 is 5.60 Å². The number of pyridine rings is 2. The van der Waals surface area contributed by atoms with Crippen molar-refractivity contribution in [3.05, 3.63) is 52.6 Å². The second kappa shape index (κ2) is 8.77. The third-order valence-corrected chi connectivity index (χ3v) is 4.71. The van der Waals surface area contributed by atoms with Gasteiger partial charge in [-0.05, 0) is 44.9 Å². The van der Waals surface area contributed by atoms with Gasteiger partial charge in [0.15, 0.2) is 5.82 Å². The fraction of sp³-hybridized carbons (Fsp3) is 0.348. The summed E-state index contributed by atoms with van der Waals surface area (Å²) in [7, 11) is 0. The molecule has 0 unspecified atom stereocenters. The maximum absolute atomic E-state index is 10.5. The lowest BCUT2D eigenvalue weighted by molar-refractivity contribution is 0.0581. The molecule has 3 aromatic rings. The van der Waals surface area contributed by atoms with Gasteiger partial charge in [-0.1, -0.05) is 24.8 Å². The molecule has 0 saturated carbocycles. The van der Waals surface area contributed by atoms with Gasteiger partial charge in [0.25, 0.3) is 0 Å². The summed E-state index contributed by atoms with van der Waals surface area (Å²) < 4.78 is 7.55. The number of anilines is 1. The Morgan fingerprint density at radius 3 is 2.77 bits per heavy atom. The molecule has 0 radical (unpaired) electrons. The predicted octanol–water partition coefficient (Wildman–Crippen LogP) is 2.01. The number of nitrogens with zero attached hydrogens (tertiary/aromatic N) is 4. The van der Waals surface area contributed by atoms with E-state index in [1.54, 1.807) is 20.0 Å². The number of aliphatic hydroxyl groups is 1. The van der Waals surface area contributed by atoms with Crippen LogP contribution in [0.1, 0.15) is 39.1 Å². The van der Waals surface area contributed by atoms with E-state index >= 15 is 0 Å². The van der Waals surface area contributed by atoms with Gasteiger partial charge in [0.1, 0.15) is 17.9 Å². The van der Waals surface area contributed by atoms with E-state index in [4.69, 9.17) is 10.5 Å². The van der Waals surface area contributed by atoms with Crippen LogP contribution in [0.3, 0.4) is 0 Å². The number of nitrogen functional groups attached to an aromatic ring is 1. The molecular weight excluding hydrogens is 378 g/mol. The van der Waals surface area contributed by atoms with Crippen molar-refractivity contribution >= 4 is 35.1 Å². The molecule has 7 heteroatoms. The molecular formula is C23H29N5O2. The lowest BCUT2D eigenvalue weighted by atomic mass is 10.1. The first-order chi connectivity index (χ1) is 14.2. The molecule has 0 fully saturated rings.